The molecule has 0 bridgehead atoms. The SMILES string of the molecule is C=C1CCC(O)c2nnn(Cc3ccccc3)c21. The van der Waals surface area contributed by atoms with Crippen molar-refractivity contribution >= 4 is 5.57 Å². The highest BCUT2D eigenvalue weighted by Crippen LogP contribution is 2.34. The molecule has 1 atom stereocenters. The van der Waals surface area contributed by atoms with Gasteiger partial charge in [0.25, 0.3) is 0 Å². The lowest BCUT2D eigenvalue weighted by Gasteiger charge is -2.19. The monoisotopic (exact) mass is 241 g/mol. The Balaban J connectivity index is 1.97. The molecular weight excluding hydrogens is 226 g/mol. The van der Waals surface area contributed by atoms with Crippen molar-refractivity contribution in [3.63, 3.8) is 0 Å². The molecule has 1 aromatic heterocycles. The number of nitrogens with zero attached hydrogens (tertiary/aromatic N) is 3. The van der Waals surface area contributed by atoms with Crippen molar-refractivity contribution < 1.29 is 5.11 Å². The van der Waals surface area contributed by atoms with E-state index < -0.39 is 6.10 Å². The lowest BCUT2D eigenvalue weighted by Crippen LogP contribution is -2.12. The van der Waals surface area contributed by atoms with Gasteiger partial charge in [0.05, 0.1) is 12.2 Å². The number of rotatable bonds is 2. The quantitative estimate of drug-likeness (QED) is 0.876. The van der Waals surface area contributed by atoms with E-state index in [0.29, 0.717) is 18.7 Å². The Morgan fingerprint density at radius 2 is 2.11 bits per heavy atom. The van der Waals surface area contributed by atoms with Crippen molar-refractivity contribution in [2.24, 2.45) is 0 Å². The average molecular weight is 241 g/mol. The van der Waals surface area contributed by atoms with Crippen LogP contribution in [0.5, 0.6) is 0 Å². The number of aliphatic hydroxyl groups excluding tert-OH is 1. The highest BCUT2D eigenvalue weighted by atomic mass is 16.3. The van der Waals surface area contributed by atoms with Gasteiger partial charge in [-0.1, -0.05) is 42.1 Å². The maximum absolute atomic E-state index is 9.90. The zero-order valence-electron chi connectivity index (χ0n) is 10.1. The molecular formula is C14H15N3O. The molecule has 18 heavy (non-hydrogen) atoms. The van der Waals surface area contributed by atoms with Crippen LogP contribution in [-0.4, -0.2) is 20.1 Å². The smallest absolute Gasteiger partial charge is 0.119 e. The Hall–Kier alpha value is -1.94. The van der Waals surface area contributed by atoms with Crippen LogP contribution >= 0.6 is 0 Å². The number of benzene rings is 1. The fourth-order valence-electron chi connectivity index (χ4n) is 2.35. The molecule has 0 amide bonds. The van der Waals surface area contributed by atoms with Gasteiger partial charge in [-0.3, -0.25) is 0 Å². The van der Waals surface area contributed by atoms with Crippen molar-refractivity contribution in [3.05, 3.63) is 53.9 Å². The first-order valence-corrected chi connectivity index (χ1v) is 6.09. The summed E-state index contributed by atoms with van der Waals surface area (Å²) in [6.07, 6.45) is 0.988. The Labute approximate surface area is 106 Å². The van der Waals surface area contributed by atoms with E-state index in [0.717, 1.165) is 23.3 Å². The third-order valence-corrected chi connectivity index (χ3v) is 3.31. The molecule has 0 fully saturated rings. The normalized spacial score (nSPS) is 18.7. The van der Waals surface area contributed by atoms with Gasteiger partial charge in [0.15, 0.2) is 0 Å². The van der Waals surface area contributed by atoms with Crippen LogP contribution < -0.4 is 0 Å². The zero-order chi connectivity index (χ0) is 12.5. The fourth-order valence-corrected chi connectivity index (χ4v) is 2.35. The maximum atomic E-state index is 9.90. The molecule has 1 unspecified atom stereocenters. The molecule has 0 radical (unpaired) electrons. The highest BCUT2D eigenvalue weighted by molar-refractivity contribution is 5.64. The number of hydrogen-bond acceptors (Lipinski definition) is 3. The number of fused-ring (bicyclic) bond motifs is 1. The second-order valence-corrected chi connectivity index (χ2v) is 4.62. The molecule has 4 heteroatoms. The van der Waals surface area contributed by atoms with Crippen LogP contribution in [0.15, 0.2) is 36.9 Å². The van der Waals surface area contributed by atoms with E-state index in [-0.39, 0.29) is 0 Å². The predicted octanol–water partition coefficient (Wildman–Crippen LogP) is 2.17. The molecule has 1 aliphatic carbocycles. The minimum absolute atomic E-state index is 0.505. The summed E-state index contributed by atoms with van der Waals surface area (Å²) >= 11 is 0. The van der Waals surface area contributed by atoms with Gasteiger partial charge < -0.3 is 5.11 Å². The Morgan fingerprint density at radius 1 is 1.33 bits per heavy atom. The Bertz CT molecular complexity index is 574. The van der Waals surface area contributed by atoms with E-state index in [1.807, 2.05) is 22.9 Å². The van der Waals surface area contributed by atoms with E-state index >= 15 is 0 Å². The van der Waals surface area contributed by atoms with Gasteiger partial charge in [-0.05, 0) is 24.0 Å². The van der Waals surface area contributed by atoms with Crippen molar-refractivity contribution in [1.29, 1.82) is 0 Å². The van der Waals surface area contributed by atoms with Crippen LogP contribution in [0.2, 0.25) is 0 Å². The summed E-state index contributed by atoms with van der Waals surface area (Å²) in [4.78, 5) is 0. The van der Waals surface area contributed by atoms with Gasteiger partial charge >= 0.3 is 0 Å². The molecule has 3 rings (SSSR count). The number of aliphatic hydroxyl groups is 1. The third kappa shape index (κ3) is 1.84. The highest BCUT2D eigenvalue weighted by Gasteiger charge is 2.26. The zero-order valence-corrected chi connectivity index (χ0v) is 10.1. The van der Waals surface area contributed by atoms with E-state index in [1.54, 1.807) is 0 Å². The standard InChI is InChI=1S/C14H15N3O/c1-10-7-8-12(18)13-14(10)17(16-15-13)9-11-5-3-2-4-6-11/h2-6,12,18H,1,7-9H2. The molecule has 1 heterocycles. The second-order valence-electron chi connectivity index (χ2n) is 4.62. The van der Waals surface area contributed by atoms with Gasteiger partial charge in [0.2, 0.25) is 0 Å². The lowest BCUT2D eigenvalue weighted by molar-refractivity contribution is 0.160. The molecule has 92 valence electrons. The molecule has 0 spiro atoms. The van der Waals surface area contributed by atoms with Crippen LogP contribution in [0.4, 0.5) is 0 Å². The largest absolute Gasteiger partial charge is 0.387 e. The van der Waals surface area contributed by atoms with Gasteiger partial charge in [0, 0.05) is 0 Å². The first kappa shape index (κ1) is 11.2. The van der Waals surface area contributed by atoms with Crippen molar-refractivity contribution in [2.75, 3.05) is 0 Å². The number of allylic oxidation sites excluding steroid dienone is 1. The third-order valence-electron chi connectivity index (χ3n) is 3.31. The first-order valence-electron chi connectivity index (χ1n) is 6.09. The van der Waals surface area contributed by atoms with Crippen LogP contribution in [-0.2, 0) is 6.54 Å². The van der Waals surface area contributed by atoms with Gasteiger partial charge in [-0.25, -0.2) is 4.68 Å². The molecule has 0 aliphatic heterocycles. The molecule has 0 saturated heterocycles. The molecule has 1 aromatic carbocycles. The van der Waals surface area contributed by atoms with Gasteiger partial charge in [-0.2, -0.15) is 0 Å². The van der Waals surface area contributed by atoms with Crippen LogP contribution in [0.1, 0.15) is 35.9 Å². The summed E-state index contributed by atoms with van der Waals surface area (Å²) < 4.78 is 1.83. The number of hydrogen-bond donors (Lipinski definition) is 1. The molecule has 1 aliphatic rings. The van der Waals surface area contributed by atoms with Gasteiger partial charge in [0.1, 0.15) is 11.8 Å². The maximum Gasteiger partial charge on any atom is 0.119 e. The summed E-state index contributed by atoms with van der Waals surface area (Å²) in [7, 11) is 0. The molecule has 1 N–H and O–H groups in total. The Morgan fingerprint density at radius 3 is 2.89 bits per heavy atom. The fraction of sp³-hybridized carbons (Fsp3) is 0.286. The number of aromatic nitrogens is 3. The summed E-state index contributed by atoms with van der Waals surface area (Å²) in [5.74, 6) is 0. The molecule has 2 aromatic rings. The van der Waals surface area contributed by atoms with Crippen LogP contribution in [0.3, 0.4) is 0 Å². The van der Waals surface area contributed by atoms with E-state index in [4.69, 9.17) is 0 Å². The van der Waals surface area contributed by atoms with E-state index in [2.05, 4.69) is 29.0 Å². The average Bonchev–Trinajstić information content (AvgIpc) is 2.80. The van der Waals surface area contributed by atoms with Crippen molar-refractivity contribution in [1.82, 2.24) is 15.0 Å². The van der Waals surface area contributed by atoms with Crippen molar-refractivity contribution in [3.8, 4) is 0 Å². The second kappa shape index (κ2) is 4.38. The summed E-state index contributed by atoms with van der Waals surface area (Å²) in [5, 5.41) is 18.1. The first-order chi connectivity index (χ1) is 8.75. The minimum atomic E-state index is -0.505. The lowest BCUT2D eigenvalue weighted by atomic mass is 9.94. The summed E-state index contributed by atoms with van der Waals surface area (Å²) in [5.41, 5.74) is 3.74. The van der Waals surface area contributed by atoms with Crippen molar-refractivity contribution in [2.45, 2.75) is 25.5 Å². The summed E-state index contributed by atoms with van der Waals surface area (Å²) in [6, 6.07) is 10.1. The van der Waals surface area contributed by atoms with Gasteiger partial charge in [-0.15, -0.1) is 5.10 Å². The van der Waals surface area contributed by atoms with Crippen LogP contribution in [0, 0.1) is 0 Å². The predicted molar refractivity (Wildman–Crippen MR) is 68.8 cm³/mol. The summed E-state index contributed by atoms with van der Waals surface area (Å²) in [6.45, 7) is 4.71. The van der Waals surface area contributed by atoms with E-state index in [1.165, 1.54) is 0 Å². The molecule has 4 nitrogen and oxygen atoms in total. The molecule has 0 saturated carbocycles. The van der Waals surface area contributed by atoms with E-state index in [9.17, 15) is 5.11 Å². The minimum Gasteiger partial charge on any atom is -0.387 e. The van der Waals surface area contributed by atoms with Crippen LogP contribution in [0.25, 0.3) is 5.57 Å². The topological polar surface area (TPSA) is 50.9 Å². The Kier molecular flexibility index (Phi) is 2.72.